The highest BCUT2D eigenvalue weighted by atomic mass is 32.2. The molecule has 2 heterocycles. The second-order valence-electron chi connectivity index (χ2n) is 12.0. The number of hydrogen-bond donors (Lipinski definition) is 3. The fourth-order valence-electron chi connectivity index (χ4n) is 6.91. The molecule has 0 aromatic heterocycles. The second kappa shape index (κ2) is 10.8. The van der Waals surface area contributed by atoms with Crippen LogP contribution >= 0.6 is 0 Å². The molecule has 0 unspecified atom stereocenters. The van der Waals surface area contributed by atoms with E-state index >= 15 is 4.39 Å². The quantitative estimate of drug-likeness (QED) is 0.332. The van der Waals surface area contributed by atoms with Gasteiger partial charge in [-0.15, -0.1) is 0 Å². The third kappa shape index (κ3) is 4.99. The Morgan fingerprint density at radius 2 is 1.49 bits per heavy atom. The van der Waals surface area contributed by atoms with E-state index in [9.17, 15) is 54.9 Å². The second-order valence-corrected chi connectivity index (χ2v) is 14.2. The summed E-state index contributed by atoms with van der Waals surface area (Å²) < 4.78 is 123. The van der Waals surface area contributed by atoms with Gasteiger partial charge in [0.05, 0.1) is 10.9 Å². The predicted octanol–water partition coefficient (Wildman–Crippen LogP) is 4.23. The number of amides is 2. The Hall–Kier alpha value is -2.95. The molecule has 2 amide bonds. The van der Waals surface area contributed by atoms with Gasteiger partial charge in [-0.2, -0.15) is 26.3 Å². The third-order valence-electron chi connectivity index (χ3n) is 9.50. The Morgan fingerprint density at radius 1 is 0.911 bits per heavy atom. The van der Waals surface area contributed by atoms with Gasteiger partial charge in [-0.3, -0.25) is 0 Å². The van der Waals surface area contributed by atoms with E-state index in [0.29, 0.717) is 12.1 Å². The first kappa shape index (κ1) is 33.4. The Kier molecular flexibility index (Phi) is 8.03. The standard InChI is InChI=1S/C29H31F7N2O6S/c1-17-2-6-20(7-3-17)45(43,44)26-12-15-38(24(41)37-13-10-25(42,11-14-37)23(39)40)22(26)9-4-18-16-19(5-8-21(18)26)27(30,28(31,32)33)29(34,35)36/h2-3,5-8,16,22-23,39-40,42H,4,9-15H2,1H3/t22-,26-/m1/s1. The molecule has 0 saturated carbocycles. The summed E-state index contributed by atoms with van der Waals surface area (Å²) in [5, 5.41) is 29.4. The van der Waals surface area contributed by atoms with Crippen molar-refractivity contribution >= 4 is 15.9 Å². The van der Waals surface area contributed by atoms with Crippen molar-refractivity contribution in [2.45, 2.75) is 84.6 Å². The molecule has 3 N–H and O–H groups in total. The van der Waals surface area contributed by atoms with Gasteiger partial charge in [-0.1, -0.05) is 35.9 Å². The Morgan fingerprint density at radius 3 is 2.02 bits per heavy atom. The molecule has 5 rings (SSSR count). The van der Waals surface area contributed by atoms with Crippen molar-refractivity contribution in [1.82, 2.24) is 9.80 Å². The highest BCUT2D eigenvalue weighted by Gasteiger charge is 2.74. The molecule has 0 spiro atoms. The predicted molar refractivity (Wildman–Crippen MR) is 144 cm³/mol. The summed E-state index contributed by atoms with van der Waals surface area (Å²) in [4.78, 5) is 16.2. The maximum atomic E-state index is 15.0. The number of carbonyl (C=O) groups excluding carboxylic acids is 1. The van der Waals surface area contributed by atoms with Crippen LogP contribution in [0.4, 0.5) is 35.5 Å². The van der Waals surface area contributed by atoms with Gasteiger partial charge in [-0.05, 0) is 62.3 Å². The fourth-order valence-corrected chi connectivity index (χ4v) is 9.28. The number of aliphatic hydroxyl groups is 3. The van der Waals surface area contributed by atoms with Crippen molar-refractivity contribution in [3.8, 4) is 0 Å². The maximum absolute atomic E-state index is 15.0. The number of aliphatic hydroxyl groups excluding tert-OH is 1. The summed E-state index contributed by atoms with van der Waals surface area (Å²) in [6.07, 6.45) is -15.8. The monoisotopic (exact) mass is 668 g/mol. The van der Waals surface area contributed by atoms with Crippen LogP contribution in [-0.4, -0.2) is 89.5 Å². The van der Waals surface area contributed by atoms with Crippen molar-refractivity contribution in [2.75, 3.05) is 19.6 Å². The van der Waals surface area contributed by atoms with Crippen molar-refractivity contribution in [3.63, 3.8) is 0 Å². The SMILES string of the molecule is Cc1ccc(S(=O)(=O)[C@@]23CCN(C(=O)N4CCC(O)(C(O)O)CC4)[C@@H]2CCc2cc(C(F)(C(F)(F)F)C(F)(F)F)ccc23)cc1. The minimum atomic E-state index is -6.36. The number of fused-ring (bicyclic) bond motifs is 3. The van der Waals surface area contributed by atoms with Crippen LogP contribution in [0.15, 0.2) is 47.4 Å². The summed E-state index contributed by atoms with van der Waals surface area (Å²) in [5.41, 5.74) is -8.87. The molecule has 2 saturated heterocycles. The number of alkyl halides is 7. The number of urea groups is 1. The van der Waals surface area contributed by atoms with Gasteiger partial charge < -0.3 is 25.1 Å². The third-order valence-corrected chi connectivity index (χ3v) is 12.1. The highest BCUT2D eigenvalue weighted by molar-refractivity contribution is 7.92. The number of benzene rings is 2. The number of nitrogens with zero attached hydrogens (tertiary/aromatic N) is 2. The Balaban J connectivity index is 1.61. The normalized spacial score (nSPS) is 24.0. The number of aryl methyl sites for hydroxylation is 2. The van der Waals surface area contributed by atoms with Gasteiger partial charge in [0.2, 0.25) is 0 Å². The number of sulfone groups is 1. The molecule has 16 heteroatoms. The van der Waals surface area contributed by atoms with E-state index in [4.69, 9.17) is 0 Å². The topological polar surface area (TPSA) is 118 Å². The lowest BCUT2D eigenvalue weighted by atomic mass is 9.77. The minimum absolute atomic E-state index is 0.0959. The molecule has 3 aliphatic rings. The van der Waals surface area contributed by atoms with Crippen LogP contribution < -0.4 is 0 Å². The van der Waals surface area contributed by atoms with Crippen molar-refractivity contribution in [3.05, 3.63) is 64.7 Å². The van der Waals surface area contributed by atoms with Gasteiger partial charge in [0.15, 0.2) is 16.1 Å². The van der Waals surface area contributed by atoms with Crippen LogP contribution in [0.1, 0.15) is 47.9 Å². The largest absolute Gasteiger partial charge is 0.435 e. The van der Waals surface area contributed by atoms with E-state index in [1.165, 1.54) is 34.1 Å². The molecule has 0 radical (unpaired) electrons. The average Bonchev–Trinajstić information content (AvgIpc) is 3.37. The Labute approximate surface area is 254 Å². The van der Waals surface area contributed by atoms with Crippen molar-refractivity contribution in [1.29, 1.82) is 0 Å². The first-order valence-electron chi connectivity index (χ1n) is 14.1. The lowest BCUT2D eigenvalue weighted by molar-refractivity contribution is -0.348. The lowest BCUT2D eigenvalue weighted by Gasteiger charge is -2.45. The molecule has 2 fully saturated rings. The van der Waals surface area contributed by atoms with Gasteiger partial charge in [-0.25, -0.2) is 17.6 Å². The highest BCUT2D eigenvalue weighted by Crippen LogP contribution is 2.57. The first-order chi connectivity index (χ1) is 20.7. The molecule has 2 aromatic carbocycles. The zero-order valence-corrected chi connectivity index (χ0v) is 24.7. The van der Waals surface area contributed by atoms with Crippen LogP contribution in [0.25, 0.3) is 0 Å². The summed E-state index contributed by atoms with van der Waals surface area (Å²) in [5.74, 6) is 0. The van der Waals surface area contributed by atoms with Crippen LogP contribution in [-0.2, 0) is 26.7 Å². The zero-order chi connectivity index (χ0) is 33.4. The summed E-state index contributed by atoms with van der Waals surface area (Å²) in [6.45, 7) is 1.38. The van der Waals surface area contributed by atoms with Gasteiger partial charge in [0.1, 0.15) is 10.3 Å². The minimum Gasteiger partial charge on any atom is -0.384 e. The summed E-state index contributed by atoms with van der Waals surface area (Å²) >= 11 is 0. The van der Waals surface area contributed by atoms with E-state index < -0.39 is 62.1 Å². The number of rotatable bonds is 4. The number of hydrogen-bond acceptors (Lipinski definition) is 6. The van der Waals surface area contributed by atoms with E-state index in [0.717, 1.165) is 11.6 Å². The molecule has 1 aliphatic carbocycles. The van der Waals surface area contributed by atoms with E-state index in [2.05, 4.69) is 0 Å². The van der Waals surface area contributed by atoms with E-state index in [1.54, 1.807) is 6.92 Å². The van der Waals surface area contributed by atoms with Gasteiger partial charge >= 0.3 is 24.1 Å². The molecule has 2 atom stereocenters. The van der Waals surface area contributed by atoms with Gasteiger partial charge in [0.25, 0.3) is 0 Å². The zero-order valence-electron chi connectivity index (χ0n) is 23.9. The maximum Gasteiger partial charge on any atom is 0.435 e. The number of likely N-dealkylation sites (tertiary alicyclic amines) is 2. The van der Waals surface area contributed by atoms with Crippen molar-refractivity contribution in [2.24, 2.45) is 0 Å². The molecule has 45 heavy (non-hydrogen) atoms. The van der Waals surface area contributed by atoms with Crippen LogP contribution in [0.2, 0.25) is 0 Å². The van der Waals surface area contributed by atoms with Crippen LogP contribution in [0.3, 0.4) is 0 Å². The molecule has 0 bridgehead atoms. The molecular formula is C29H31F7N2O6S. The van der Waals surface area contributed by atoms with E-state index in [1.807, 2.05) is 0 Å². The van der Waals surface area contributed by atoms with Crippen molar-refractivity contribution < 1.29 is 59.3 Å². The smallest absolute Gasteiger partial charge is 0.384 e. The van der Waals surface area contributed by atoms with Gasteiger partial charge in [0, 0.05) is 25.2 Å². The van der Waals surface area contributed by atoms with E-state index in [-0.39, 0.29) is 67.8 Å². The lowest BCUT2D eigenvalue weighted by Crippen LogP contribution is -2.58. The molecular weight excluding hydrogens is 637 g/mol. The Bertz CT molecular complexity index is 1560. The molecule has 8 nitrogen and oxygen atoms in total. The average molecular weight is 669 g/mol. The fraction of sp³-hybridized carbons (Fsp3) is 0.552. The number of piperidine rings is 1. The molecule has 248 valence electrons. The number of halogens is 7. The molecule has 2 aliphatic heterocycles. The molecule has 2 aromatic rings. The summed E-state index contributed by atoms with van der Waals surface area (Å²) in [7, 11) is -4.48. The van der Waals surface area contributed by atoms with Crippen LogP contribution in [0, 0.1) is 6.92 Å². The summed E-state index contributed by atoms with van der Waals surface area (Å²) in [6, 6.07) is 5.53. The number of carbonyl (C=O) groups is 1. The van der Waals surface area contributed by atoms with Crippen LogP contribution in [0.5, 0.6) is 0 Å². The first-order valence-corrected chi connectivity index (χ1v) is 15.6.